The van der Waals surface area contributed by atoms with E-state index in [9.17, 15) is 8.42 Å². The summed E-state index contributed by atoms with van der Waals surface area (Å²) in [5.74, 6) is 0.859. The van der Waals surface area contributed by atoms with Crippen LogP contribution in [0.3, 0.4) is 0 Å². The minimum absolute atomic E-state index is 0.272. The van der Waals surface area contributed by atoms with Crippen LogP contribution in [0.4, 0.5) is 5.82 Å². The van der Waals surface area contributed by atoms with Crippen molar-refractivity contribution in [3.63, 3.8) is 0 Å². The molecule has 1 saturated heterocycles. The molecule has 0 aliphatic carbocycles. The third-order valence-corrected chi connectivity index (χ3v) is 7.46. The Morgan fingerprint density at radius 2 is 1.80 bits per heavy atom. The number of pyridine rings is 1. The molecule has 0 spiro atoms. The number of nitrogens with zero attached hydrogens (tertiary/aromatic N) is 2. The smallest absolute Gasteiger partial charge is 0.206 e. The Kier molecular flexibility index (Phi) is 5.55. The Bertz CT molecular complexity index is 1160. The summed E-state index contributed by atoms with van der Waals surface area (Å²) in [5, 5.41) is 5.29. The molecule has 30 heavy (non-hydrogen) atoms. The highest BCUT2D eigenvalue weighted by molar-refractivity contribution is 7.91. The van der Waals surface area contributed by atoms with Crippen molar-refractivity contribution in [2.75, 3.05) is 31.1 Å². The Balaban J connectivity index is 1.85. The van der Waals surface area contributed by atoms with Gasteiger partial charge in [0.05, 0.1) is 9.79 Å². The van der Waals surface area contributed by atoms with E-state index < -0.39 is 9.84 Å². The molecule has 3 aromatic rings. The summed E-state index contributed by atoms with van der Waals surface area (Å²) in [6.07, 6.45) is 2.84. The van der Waals surface area contributed by atoms with E-state index in [-0.39, 0.29) is 5.41 Å². The lowest BCUT2D eigenvalue weighted by Gasteiger charge is -2.24. The third kappa shape index (κ3) is 3.94. The second-order valence-electron chi connectivity index (χ2n) is 8.86. The molecule has 0 bridgehead atoms. The van der Waals surface area contributed by atoms with Crippen LogP contribution in [0.2, 0.25) is 0 Å². The number of rotatable bonds is 3. The lowest BCUT2D eigenvalue weighted by atomic mass is 9.87. The van der Waals surface area contributed by atoms with E-state index >= 15 is 0 Å². The zero-order valence-corrected chi connectivity index (χ0v) is 18.7. The van der Waals surface area contributed by atoms with Gasteiger partial charge in [0, 0.05) is 31.2 Å². The lowest BCUT2D eigenvalue weighted by Crippen LogP contribution is -2.28. The molecule has 0 radical (unpaired) electrons. The number of hydrogen-bond acceptors (Lipinski definition) is 5. The van der Waals surface area contributed by atoms with Gasteiger partial charge in [-0.2, -0.15) is 0 Å². The predicted octanol–water partition coefficient (Wildman–Crippen LogP) is 4.16. The number of hydrogen-bond donors (Lipinski definition) is 1. The summed E-state index contributed by atoms with van der Waals surface area (Å²) in [5.41, 5.74) is 0.557. The molecule has 2 heterocycles. The molecule has 6 heteroatoms. The molecule has 4 rings (SSSR count). The number of benzene rings is 2. The fourth-order valence-electron chi connectivity index (χ4n) is 4.06. The van der Waals surface area contributed by atoms with E-state index in [0.29, 0.717) is 9.79 Å². The molecular weight excluding hydrogens is 394 g/mol. The third-order valence-electron chi connectivity index (χ3n) is 5.65. The maximum absolute atomic E-state index is 13.6. The molecule has 2 aromatic carbocycles. The molecule has 0 saturated carbocycles. The van der Waals surface area contributed by atoms with Crippen molar-refractivity contribution in [1.29, 1.82) is 0 Å². The van der Waals surface area contributed by atoms with Crippen molar-refractivity contribution in [2.24, 2.45) is 0 Å². The van der Waals surface area contributed by atoms with Gasteiger partial charge in [-0.25, -0.2) is 13.4 Å². The first-order chi connectivity index (χ1) is 14.3. The molecule has 0 unspecified atom stereocenters. The van der Waals surface area contributed by atoms with Crippen LogP contribution in [0.5, 0.6) is 0 Å². The average molecular weight is 424 g/mol. The van der Waals surface area contributed by atoms with Crippen molar-refractivity contribution >= 4 is 26.4 Å². The van der Waals surface area contributed by atoms with Crippen LogP contribution in [0.25, 0.3) is 10.8 Å². The highest BCUT2D eigenvalue weighted by atomic mass is 32.2. The summed E-state index contributed by atoms with van der Waals surface area (Å²) in [6.45, 7) is 9.77. The van der Waals surface area contributed by atoms with Gasteiger partial charge in [0.25, 0.3) is 0 Å². The highest BCUT2D eigenvalue weighted by Gasteiger charge is 2.27. The molecule has 158 valence electrons. The Morgan fingerprint density at radius 1 is 1.00 bits per heavy atom. The Labute approximate surface area is 179 Å². The molecule has 1 aromatic heterocycles. The van der Waals surface area contributed by atoms with E-state index in [1.807, 2.05) is 45.0 Å². The van der Waals surface area contributed by atoms with Crippen LogP contribution in [0.15, 0.2) is 64.5 Å². The molecular formula is C24H29N3O2S. The topological polar surface area (TPSA) is 62.3 Å². The maximum atomic E-state index is 13.6. The van der Waals surface area contributed by atoms with Crippen LogP contribution in [0.1, 0.15) is 32.8 Å². The quantitative estimate of drug-likeness (QED) is 0.685. The molecule has 0 atom stereocenters. The van der Waals surface area contributed by atoms with Gasteiger partial charge in [0.2, 0.25) is 9.84 Å². The van der Waals surface area contributed by atoms with Gasteiger partial charge in [-0.3, -0.25) is 0 Å². The summed E-state index contributed by atoms with van der Waals surface area (Å²) in [6, 6.07) is 14.7. The summed E-state index contributed by atoms with van der Waals surface area (Å²) in [7, 11) is -3.66. The second kappa shape index (κ2) is 8.00. The molecule has 5 nitrogen and oxygen atoms in total. The second-order valence-corrected chi connectivity index (χ2v) is 10.8. The number of anilines is 1. The van der Waals surface area contributed by atoms with E-state index in [0.717, 1.165) is 54.8 Å². The van der Waals surface area contributed by atoms with E-state index in [4.69, 9.17) is 0 Å². The first-order valence-corrected chi connectivity index (χ1v) is 12.0. The first kappa shape index (κ1) is 20.8. The average Bonchev–Trinajstić information content (AvgIpc) is 3.02. The normalized spacial score (nSPS) is 15.9. The number of fused-ring (bicyclic) bond motifs is 1. The Morgan fingerprint density at radius 3 is 2.60 bits per heavy atom. The monoisotopic (exact) mass is 423 g/mol. The number of nitrogens with one attached hydrogen (secondary N) is 1. The fraction of sp³-hybridized carbons (Fsp3) is 0.375. The molecule has 1 fully saturated rings. The SMILES string of the molecule is CC(C)(C)c1ccccc1S(=O)(=O)c1ccc2ccnc(N3CCCNCC3)c2c1. The lowest BCUT2D eigenvalue weighted by molar-refractivity contribution is 0.561. The molecule has 1 N–H and O–H groups in total. The van der Waals surface area contributed by atoms with Gasteiger partial charge < -0.3 is 10.2 Å². The van der Waals surface area contributed by atoms with Crippen molar-refractivity contribution in [3.8, 4) is 0 Å². The van der Waals surface area contributed by atoms with Gasteiger partial charge in [-0.05, 0) is 53.6 Å². The van der Waals surface area contributed by atoms with E-state index in [1.165, 1.54) is 0 Å². The van der Waals surface area contributed by atoms with Crippen molar-refractivity contribution < 1.29 is 8.42 Å². The van der Waals surface area contributed by atoms with Crippen LogP contribution in [0, 0.1) is 0 Å². The van der Waals surface area contributed by atoms with Crippen molar-refractivity contribution in [1.82, 2.24) is 10.3 Å². The summed E-state index contributed by atoms with van der Waals surface area (Å²) >= 11 is 0. The van der Waals surface area contributed by atoms with Crippen LogP contribution >= 0.6 is 0 Å². The number of sulfone groups is 1. The highest BCUT2D eigenvalue weighted by Crippen LogP contribution is 2.34. The zero-order valence-electron chi connectivity index (χ0n) is 17.9. The van der Waals surface area contributed by atoms with Crippen molar-refractivity contribution in [3.05, 3.63) is 60.3 Å². The molecule has 1 aliphatic heterocycles. The van der Waals surface area contributed by atoms with Gasteiger partial charge in [-0.15, -0.1) is 0 Å². The maximum Gasteiger partial charge on any atom is 0.206 e. The minimum Gasteiger partial charge on any atom is -0.355 e. The summed E-state index contributed by atoms with van der Waals surface area (Å²) in [4.78, 5) is 7.57. The predicted molar refractivity (Wildman–Crippen MR) is 122 cm³/mol. The first-order valence-electron chi connectivity index (χ1n) is 10.5. The van der Waals surface area contributed by atoms with E-state index in [2.05, 4.69) is 15.2 Å². The number of aromatic nitrogens is 1. The standard InChI is InChI=1S/C24H29N3O2S/c1-24(2,3)21-7-4-5-8-22(21)30(28,29)19-10-9-18-11-13-26-23(20(18)17-19)27-15-6-12-25-14-16-27/h4-5,7-11,13,17,25H,6,12,14-16H2,1-3H3. The molecule has 0 amide bonds. The van der Waals surface area contributed by atoms with Gasteiger partial charge in [0.1, 0.15) is 5.82 Å². The van der Waals surface area contributed by atoms with Crippen LogP contribution in [-0.4, -0.2) is 39.6 Å². The molecule has 1 aliphatic rings. The fourth-order valence-corrected chi connectivity index (χ4v) is 5.75. The minimum atomic E-state index is -3.66. The van der Waals surface area contributed by atoms with Crippen LogP contribution in [-0.2, 0) is 15.3 Å². The van der Waals surface area contributed by atoms with Gasteiger partial charge >= 0.3 is 0 Å². The largest absolute Gasteiger partial charge is 0.355 e. The van der Waals surface area contributed by atoms with Gasteiger partial charge in [0.15, 0.2) is 0 Å². The summed E-state index contributed by atoms with van der Waals surface area (Å²) < 4.78 is 27.3. The zero-order chi connectivity index (χ0) is 21.4. The van der Waals surface area contributed by atoms with Crippen molar-refractivity contribution in [2.45, 2.75) is 42.4 Å². The van der Waals surface area contributed by atoms with Gasteiger partial charge in [-0.1, -0.05) is 45.0 Å². The Hall–Kier alpha value is -2.44. The van der Waals surface area contributed by atoms with Crippen LogP contribution < -0.4 is 10.2 Å². The van der Waals surface area contributed by atoms with E-state index in [1.54, 1.807) is 30.5 Å².